The topological polar surface area (TPSA) is 76.0 Å². The number of fused-ring (bicyclic) bond motifs is 1. The van der Waals surface area contributed by atoms with Gasteiger partial charge in [0, 0.05) is 6.42 Å². The Morgan fingerprint density at radius 1 is 1.57 bits per heavy atom. The molecule has 2 aliphatic rings. The molecule has 0 radical (unpaired) electrons. The largest absolute Gasteiger partial charge is 0.388 e. The lowest BCUT2D eigenvalue weighted by Crippen LogP contribution is -2.50. The number of ketones is 1. The van der Waals surface area contributed by atoms with Gasteiger partial charge in [0.15, 0.2) is 11.4 Å². The van der Waals surface area contributed by atoms with Crippen LogP contribution in [0, 0.1) is 0 Å². The zero-order valence-corrected chi connectivity index (χ0v) is 7.97. The van der Waals surface area contributed by atoms with Gasteiger partial charge in [-0.3, -0.25) is 4.79 Å². The third kappa shape index (κ3) is 1.20. The molecule has 0 saturated carbocycles. The van der Waals surface area contributed by atoms with Crippen LogP contribution in [0.3, 0.4) is 0 Å². The van der Waals surface area contributed by atoms with Crippen LogP contribution in [-0.2, 0) is 14.3 Å². The predicted molar refractivity (Wildman–Crippen MR) is 45.7 cm³/mol. The Kier molecular flexibility index (Phi) is 2.35. The van der Waals surface area contributed by atoms with Crippen LogP contribution in [0.5, 0.6) is 0 Å². The second kappa shape index (κ2) is 3.27. The minimum absolute atomic E-state index is 0.0773. The molecule has 5 heteroatoms. The van der Waals surface area contributed by atoms with Crippen LogP contribution in [-0.4, -0.2) is 53.1 Å². The van der Waals surface area contributed by atoms with E-state index in [1.807, 2.05) is 0 Å². The summed E-state index contributed by atoms with van der Waals surface area (Å²) >= 11 is 0. The van der Waals surface area contributed by atoms with Crippen LogP contribution >= 0.6 is 0 Å². The van der Waals surface area contributed by atoms with Crippen molar-refractivity contribution in [2.45, 2.75) is 37.3 Å². The standard InChI is InChI=1S/C9H14O5/c1-2-6(11)9(12)4-14-7-5(10)3-13-8(7)9/h5,7-8,10,12H,2-4H2,1H3/t5-,7+,8-,9-/m0/s1. The first kappa shape index (κ1) is 10.0. The molecule has 2 saturated heterocycles. The number of hydrogen-bond acceptors (Lipinski definition) is 5. The summed E-state index contributed by atoms with van der Waals surface area (Å²) in [6.45, 7) is 1.72. The van der Waals surface area contributed by atoms with Crippen molar-refractivity contribution >= 4 is 5.78 Å². The summed E-state index contributed by atoms with van der Waals surface area (Å²) in [5.41, 5.74) is -1.56. The highest BCUT2D eigenvalue weighted by atomic mass is 16.6. The number of hydrogen-bond donors (Lipinski definition) is 2. The lowest BCUT2D eigenvalue weighted by atomic mass is 9.90. The molecule has 2 aliphatic heterocycles. The van der Waals surface area contributed by atoms with Gasteiger partial charge in [0.1, 0.15) is 18.3 Å². The molecule has 0 unspecified atom stereocenters. The summed E-state index contributed by atoms with van der Waals surface area (Å²) in [5, 5.41) is 19.5. The smallest absolute Gasteiger partial charge is 0.174 e. The maximum Gasteiger partial charge on any atom is 0.174 e. The van der Waals surface area contributed by atoms with E-state index in [0.717, 1.165) is 0 Å². The van der Waals surface area contributed by atoms with E-state index >= 15 is 0 Å². The van der Waals surface area contributed by atoms with E-state index in [1.54, 1.807) is 6.92 Å². The molecule has 2 rings (SSSR count). The zero-order valence-electron chi connectivity index (χ0n) is 7.97. The Balaban J connectivity index is 2.20. The van der Waals surface area contributed by atoms with Crippen molar-refractivity contribution in [3.63, 3.8) is 0 Å². The number of Topliss-reactive ketones (excluding diaryl/α,β-unsaturated/α-hetero) is 1. The Morgan fingerprint density at radius 3 is 2.93 bits per heavy atom. The monoisotopic (exact) mass is 202 g/mol. The van der Waals surface area contributed by atoms with Crippen molar-refractivity contribution in [3.05, 3.63) is 0 Å². The molecule has 14 heavy (non-hydrogen) atoms. The van der Waals surface area contributed by atoms with Gasteiger partial charge in [0.25, 0.3) is 0 Å². The second-order valence-electron chi connectivity index (χ2n) is 3.80. The Hall–Kier alpha value is -0.490. The second-order valence-corrected chi connectivity index (χ2v) is 3.80. The molecule has 2 heterocycles. The molecule has 5 nitrogen and oxygen atoms in total. The molecule has 0 aromatic heterocycles. The molecule has 4 atom stereocenters. The van der Waals surface area contributed by atoms with E-state index < -0.39 is 23.9 Å². The minimum Gasteiger partial charge on any atom is -0.388 e. The molecule has 2 N–H and O–H groups in total. The fourth-order valence-corrected chi connectivity index (χ4v) is 2.05. The van der Waals surface area contributed by atoms with Crippen molar-refractivity contribution in [1.82, 2.24) is 0 Å². The molecule has 0 spiro atoms. The van der Waals surface area contributed by atoms with Crippen molar-refractivity contribution in [1.29, 1.82) is 0 Å². The van der Waals surface area contributed by atoms with Crippen molar-refractivity contribution < 1.29 is 24.5 Å². The van der Waals surface area contributed by atoms with E-state index in [-0.39, 0.29) is 25.4 Å². The first-order valence-corrected chi connectivity index (χ1v) is 4.76. The summed E-state index contributed by atoms with van der Waals surface area (Å²) in [6, 6.07) is 0. The summed E-state index contributed by atoms with van der Waals surface area (Å²) in [6.07, 6.45) is -1.76. The summed E-state index contributed by atoms with van der Waals surface area (Å²) in [7, 11) is 0. The quantitative estimate of drug-likeness (QED) is 0.591. The SMILES string of the molecule is CCC(=O)[C@@]1(O)CO[C@@H]2[C@@H](O)CO[C@@H]21. The van der Waals surface area contributed by atoms with Crippen LogP contribution in [0.4, 0.5) is 0 Å². The van der Waals surface area contributed by atoms with Gasteiger partial charge in [-0.25, -0.2) is 0 Å². The molecular weight excluding hydrogens is 188 g/mol. The van der Waals surface area contributed by atoms with Crippen LogP contribution in [0.15, 0.2) is 0 Å². The normalized spacial score (nSPS) is 46.6. The fourth-order valence-electron chi connectivity index (χ4n) is 2.05. The lowest BCUT2D eigenvalue weighted by Gasteiger charge is -2.24. The summed E-state index contributed by atoms with van der Waals surface area (Å²) < 4.78 is 10.4. The fraction of sp³-hybridized carbons (Fsp3) is 0.889. The number of carbonyl (C=O) groups is 1. The molecule has 80 valence electrons. The minimum atomic E-state index is -1.56. The third-order valence-electron chi connectivity index (χ3n) is 2.89. The molecule has 0 aromatic carbocycles. The zero-order chi connectivity index (χ0) is 10.3. The van der Waals surface area contributed by atoms with Gasteiger partial charge >= 0.3 is 0 Å². The Bertz CT molecular complexity index is 254. The maximum absolute atomic E-state index is 11.5. The molecule has 0 amide bonds. The van der Waals surface area contributed by atoms with E-state index in [0.29, 0.717) is 0 Å². The Morgan fingerprint density at radius 2 is 2.29 bits per heavy atom. The van der Waals surface area contributed by atoms with E-state index in [1.165, 1.54) is 0 Å². The van der Waals surface area contributed by atoms with E-state index in [9.17, 15) is 15.0 Å². The van der Waals surface area contributed by atoms with E-state index in [4.69, 9.17) is 9.47 Å². The average Bonchev–Trinajstić information content (AvgIpc) is 2.70. The van der Waals surface area contributed by atoms with Crippen molar-refractivity contribution in [2.24, 2.45) is 0 Å². The lowest BCUT2D eigenvalue weighted by molar-refractivity contribution is -0.147. The first-order chi connectivity index (χ1) is 6.59. The molecule has 2 fully saturated rings. The molecular formula is C9H14O5. The highest BCUT2D eigenvalue weighted by molar-refractivity contribution is 5.88. The first-order valence-electron chi connectivity index (χ1n) is 4.76. The highest BCUT2D eigenvalue weighted by Gasteiger charge is 2.58. The van der Waals surface area contributed by atoms with Gasteiger partial charge in [-0.05, 0) is 0 Å². The van der Waals surface area contributed by atoms with Crippen molar-refractivity contribution in [2.75, 3.05) is 13.2 Å². The highest BCUT2D eigenvalue weighted by Crippen LogP contribution is 2.35. The van der Waals surface area contributed by atoms with Crippen molar-refractivity contribution in [3.8, 4) is 0 Å². The Labute approximate surface area is 81.6 Å². The van der Waals surface area contributed by atoms with Crippen LogP contribution in [0.25, 0.3) is 0 Å². The van der Waals surface area contributed by atoms with Gasteiger partial charge in [0.2, 0.25) is 0 Å². The van der Waals surface area contributed by atoms with Gasteiger partial charge in [-0.15, -0.1) is 0 Å². The molecule has 0 aromatic rings. The summed E-state index contributed by atoms with van der Waals surface area (Å²) in [4.78, 5) is 11.5. The van der Waals surface area contributed by atoms with E-state index in [2.05, 4.69) is 0 Å². The van der Waals surface area contributed by atoms with Crippen LogP contribution in [0.1, 0.15) is 13.3 Å². The third-order valence-corrected chi connectivity index (χ3v) is 2.89. The van der Waals surface area contributed by atoms with Gasteiger partial charge in [0.05, 0.1) is 13.2 Å². The maximum atomic E-state index is 11.5. The molecule has 0 bridgehead atoms. The van der Waals surface area contributed by atoms with Crippen LogP contribution < -0.4 is 0 Å². The summed E-state index contributed by atoms with van der Waals surface area (Å²) in [5.74, 6) is -0.292. The van der Waals surface area contributed by atoms with Crippen LogP contribution in [0.2, 0.25) is 0 Å². The van der Waals surface area contributed by atoms with Gasteiger partial charge < -0.3 is 19.7 Å². The molecule has 0 aliphatic carbocycles. The number of aliphatic hydroxyl groups is 2. The number of ether oxygens (including phenoxy) is 2. The average molecular weight is 202 g/mol. The number of rotatable bonds is 2. The van der Waals surface area contributed by atoms with Gasteiger partial charge in [-0.2, -0.15) is 0 Å². The number of aliphatic hydroxyl groups excluding tert-OH is 1. The number of carbonyl (C=O) groups excluding carboxylic acids is 1. The predicted octanol–water partition coefficient (Wildman–Crippen LogP) is -1.14. The van der Waals surface area contributed by atoms with Gasteiger partial charge in [-0.1, -0.05) is 6.92 Å².